The van der Waals surface area contributed by atoms with Crippen LogP contribution in [0.15, 0.2) is 11.6 Å². The second-order valence-electron chi connectivity index (χ2n) is 14.2. The first-order valence-corrected chi connectivity index (χ1v) is 18.4. The summed E-state index contributed by atoms with van der Waals surface area (Å²) < 4.78 is 32.0. The molecule has 4 aliphatic carbocycles. The highest BCUT2D eigenvalue weighted by molar-refractivity contribution is 7.86. The lowest BCUT2D eigenvalue weighted by atomic mass is 9.47. The summed E-state index contributed by atoms with van der Waals surface area (Å²) in [5, 5.41) is 0. The molecule has 3 saturated carbocycles. The van der Waals surface area contributed by atoms with Crippen LogP contribution in [0.1, 0.15) is 156 Å². The van der Waals surface area contributed by atoms with Crippen molar-refractivity contribution in [2.75, 3.05) is 5.75 Å². The minimum Gasteiger partial charge on any atom is -0.295 e. The van der Waals surface area contributed by atoms with Crippen molar-refractivity contribution in [3.63, 3.8) is 0 Å². The van der Waals surface area contributed by atoms with Gasteiger partial charge in [-0.2, -0.15) is 8.42 Å². The summed E-state index contributed by atoms with van der Waals surface area (Å²) in [5.74, 6) is 2.30. The second kappa shape index (κ2) is 14.0. The molecule has 4 nitrogen and oxygen atoms in total. The Morgan fingerprint density at radius 3 is 2.03 bits per heavy atom. The topological polar surface area (TPSA) is 60.4 Å². The second-order valence-corrected chi connectivity index (χ2v) is 15.9. The predicted molar refractivity (Wildman–Crippen MR) is 161 cm³/mol. The maximum atomic E-state index is 13.0. The Balaban J connectivity index is 1.16. The fourth-order valence-corrected chi connectivity index (χ4v) is 10.5. The summed E-state index contributed by atoms with van der Waals surface area (Å²) in [6.45, 7) is 7.00. The largest absolute Gasteiger partial charge is 0.295 e. The summed E-state index contributed by atoms with van der Waals surface area (Å²) in [6, 6.07) is 0. The first-order chi connectivity index (χ1) is 18.7. The standard InChI is InChI=1S/C34H58O4S/c1-4-5-6-7-8-9-10-11-12-13-14-15-16-25-39(36,37)38-32-20-19-30-29-18-17-27-26-28(35)21-23-33(27,2)31(29)22-24-34(30,32)3/h26,29-32H,4-25H2,1-3H3/t29-,30-,31-,32-,33-,34-/m0/s1. The first-order valence-electron chi connectivity index (χ1n) is 16.8. The van der Waals surface area contributed by atoms with Gasteiger partial charge >= 0.3 is 0 Å². The molecule has 0 heterocycles. The van der Waals surface area contributed by atoms with E-state index in [1.165, 1.54) is 69.8 Å². The third-order valence-electron chi connectivity index (χ3n) is 11.6. The fourth-order valence-electron chi connectivity index (χ4n) is 9.19. The maximum Gasteiger partial charge on any atom is 0.267 e. The molecule has 5 heteroatoms. The Hall–Kier alpha value is -0.680. The summed E-state index contributed by atoms with van der Waals surface area (Å²) in [7, 11) is -3.48. The number of carbonyl (C=O) groups is 1. The average Bonchev–Trinajstić information content (AvgIpc) is 3.22. The van der Waals surface area contributed by atoms with Crippen LogP contribution in [0.5, 0.6) is 0 Å². The van der Waals surface area contributed by atoms with E-state index in [4.69, 9.17) is 4.18 Å². The highest BCUT2D eigenvalue weighted by Crippen LogP contribution is 2.65. The average molecular weight is 563 g/mol. The van der Waals surface area contributed by atoms with E-state index in [2.05, 4.69) is 20.8 Å². The van der Waals surface area contributed by atoms with E-state index in [9.17, 15) is 13.2 Å². The summed E-state index contributed by atoms with van der Waals surface area (Å²) in [5.41, 5.74) is 1.53. The van der Waals surface area contributed by atoms with Crippen molar-refractivity contribution in [2.24, 2.45) is 28.6 Å². The van der Waals surface area contributed by atoms with Crippen LogP contribution in [-0.4, -0.2) is 26.1 Å². The van der Waals surface area contributed by atoms with E-state index in [1.54, 1.807) is 0 Å². The van der Waals surface area contributed by atoms with Crippen LogP contribution in [0, 0.1) is 28.6 Å². The Morgan fingerprint density at radius 2 is 1.38 bits per heavy atom. The number of fused-ring (bicyclic) bond motifs is 5. The van der Waals surface area contributed by atoms with Gasteiger partial charge < -0.3 is 0 Å². The molecule has 4 rings (SSSR count). The normalized spacial score (nSPS) is 34.3. The lowest BCUT2D eigenvalue weighted by molar-refractivity contribution is -0.117. The van der Waals surface area contributed by atoms with E-state index in [0.717, 1.165) is 64.2 Å². The minimum absolute atomic E-state index is 0.0354. The molecule has 0 saturated heterocycles. The van der Waals surface area contributed by atoms with Gasteiger partial charge in [0.05, 0.1) is 11.9 Å². The third kappa shape index (κ3) is 7.59. The number of ketones is 1. The Labute approximate surface area is 240 Å². The van der Waals surface area contributed by atoms with Gasteiger partial charge in [-0.25, -0.2) is 0 Å². The van der Waals surface area contributed by atoms with Gasteiger partial charge in [0.1, 0.15) is 0 Å². The molecule has 0 aromatic rings. The lowest BCUT2D eigenvalue weighted by Gasteiger charge is -2.57. The van der Waals surface area contributed by atoms with Crippen molar-refractivity contribution in [3.05, 3.63) is 11.6 Å². The monoisotopic (exact) mass is 562 g/mol. The first kappa shape index (κ1) is 31.3. The Kier molecular flexibility index (Phi) is 11.2. The zero-order valence-electron chi connectivity index (χ0n) is 25.5. The summed E-state index contributed by atoms with van der Waals surface area (Å²) >= 11 is 0. The van der Waals surface area contributed by atoms with Crippen LogP contribution < -0.4 is 0 Å². The fraction of sp³-hybridized carbons (Fsp3) is 0.912. The van der Waals surface area contributed by atoms with Crippen molar-refractivity contribution in [1.82, 2.24) is 0 Å². The van der Waals surface area contributed by atoms with E-state index >= 15 is 0 Å². The van der Waals surface area contributed by atoms with Gasteiger partial charge in [-0.1, -0.05) is 103 Å². The molecule has 0 spiro atoms. The van der Waals surface area contributed by atoms with Gasteiger partial charge in [0.25, 0.3) is 10.1 Å². The number of allylic oxidation sites excluding steroid dienone is 1. The van der Waals surface area contributed by atoms with E-state index < -0.39 is 10.1 Å². The molecule has 0 radical (unpaired) electrons. The third-order valence-corrected chi connectivity index (χ3v) is 12.9. The van der Waals surface area contributed by atoms with E-state index in [0.29, 0.717) is 30.0 Å². The molecule has 0 amide bonds. The molecule has 4 aliphatic rings. The summed E-state index contributed by atoms with van der Waals surface area (Å²) in [4.78, 5) is 12.1. The zero-order valence-corrected chi connectivity index (χ0v) is 26.3. The van der Waals surface area contributed by atoms with Gasteiger partial charge in [-0.05, 0) is 86.0 Å². The Bertz CT molecular complexity index is 939. The molecule has 0 aromatic carbocycles. The molecule has 0 N–H and O–H groups in total. The number of hydrogen-bond donors (Lipinski definition) is 0. The number of unbranched alkanes of at least 4 members (excludes halogenated alkanes) is 12. The van der Waals surface area contributed by atoms with Crippen LogP contribution in [0.3, 0.4) is 0 Å². The summed E-state index contributed by atoms with van der Waals surface area (Å²) in [6.07, 6.45) is 26.1. The number of hydrogen-bond acceptors (Lipinski definition) is 4. The molecule has 3 fully saturated rings. The molecular formula is C34H58O4S. The van der Waals surface area contributed by atoms with Crippen molar-refractivity contribution >= 4 is 15.9 Å². The van der Waals surface area contributed by atoms with Crippen LogP contribution in [0.4, 0.5) is 0 Å². The molecule has 0 aliphatic heterocycles. The molecule has 0 bridgehead atoms. The Morgan fingerprint density at radius 1 is 0.769 bits per heavy atom. The molecule has 6 atom stereocenters. The molecular weight excluding hydrogens is 504 g/mol. The van der Waals surface area contributed by atoms with Crippen LogP contribution in [0.2, 0.25) is 0 Å². The highest BCUT2D eigenvalue weighted by atomic mass is 32.2. The number of rotatable bonds is 16. The van der Waals surface area contributed by atoms with Gasteiger partial charge in [0, 0.05) is 6.42 Å². The van der Waals surface area contributed by atoms with Crippen molar-refractivity contribution in [2.45, 2.75) is 162 Å². The van der Waals surface area contributed by atoms with Crippen LogP contribution >= 0.6 is 0 Å². The molecule has 0 aromatic heterocycles. The van der Waals surface area contributed by atoms with Crippen molar-refractivity contribution in [1.29, 1.82) is 0 Å². The van der Waals surface area contributed by atoms with Crippen LogP contribution in [0.25, 0.3) is 0 Å². The molecule has 39 heavy (non-hydrogen) atoms. The number of carbonyl (C=O) groups excluding carboxylic acids is 1. The SMILES string of the molecule is CCCCCCCCCCCCCCCS(=O)(=O)O[C@H]1CC[C@H]2[C@@H]3CCC4=CC(=O)CC[C@]4(C)[C@H]3CC[C@]12C. The van der Waals surface area contributed by atoms with Gasteiger partial charge in [-0.3, -0.25) is 8.98 Å². The van der Waals surface area contributed by atoms with Gasteiger partial charge in [0.15, 0.2) is 5.78 Å². The minimum atomic E-state index is -3.48. The smallest absolute Gasteiger partial charge is 0.267 e. The van der Waals surface area contributed by atoms with E-state index in [1.807, 2.05) is 6.08 Å². The quantitative estimate of drug-likeness (QED) is 0.139. The van der Waals surface area contributed by atoms with Crippen molar-refractivity contribution < 1.29 is 17.4 Å². The van der Waals surface area contributed by atoms with Crippen LogP contribution in [-0.2, 0) is 19.1 Å². The van der Waals surface area contributed by atoms with Gasteiger partial charge in [-0.15, -0.1) is 0 Å². The zero-order chi connectivity index (χ0) is 27.9. The van der Waals surface area contributed by atoms with Crippen molar-refractivity contribution in [3.8, 4) is 0 Å². The predicted octanol–water partition coefficient (Wildman–Crippen LogP) is 9.32. The van der Waals surface area contributed by atoms with Gasteiger partial charge in [0.2, 0.25) is 0 Å². The lowest BCUT2D eigenvalue weighted by Crippen LogP contribution is -2.51. The maximum absolute atomic E-state index is 13.0. The highest BCUT2D eigenvalue weighted by Gasteiger charge is 2.60. The molecule has 0 unspecified atom stereocenters. The molecule has 224 valence electrons. The van der Waals surface area contributed by atoms with E-state index in [-0.39, 0.29) is 22.7 Å².